The van der Waals surface area contributed by atoms with Crippen molar-refractivity contribution < 1.29 is 14.6 Å². The van der Waals surface area contributed by atoms with Crippen LogP contribution >= 0.6 is 0 Å². The summed E-state index contributed by atoms with van der Waals surface area (Å²) in [5.41, 5.74) is 6.60. The number of H-pyrrole nitrogens is 1. The lowest BCUT2D eigenvalue weighted by molar-refractivity contribution is -0.148. The van der Waals surface area contributed by atoms with Crippen LogP contribution in [0.4, 0.5) is 0 Å². The maximum Gasteiger partial charge on any atom is 0.254 e. The first-order chi connectivity index (χ1) is 16.2. The van der Waals surface area contributed by atoms with Gasteiger partial charge in [-0.2, -0.15) is 0 Å². The summed E-state index contributed by atoms with van der Waals surface area (Å²) in [7, 11) is 0. The quantitative estimate of drug-likeness (QED) is 0.550. The normalized spacial score (nSPS) is 19.0. The van der Waals surface area contributed by atoms with Crippen molar-refractivity contribution in [3.05, 3.63) is 52.8 Å². The topological polar surface area (TPSA) is 90.5 Å². The molecule has 1 amide bonds. The van der Waals surface area contributed by atoms with Crippen molar-refractivity contribution in [1.82, 2.24) is 20.2 Å². The summed E-state index contributed by atoms with van der Waals surface area (Å²) < 4.78 is 5.79. The number of amides is 1. The highest BCUT2D eigenvalue weighted by Gasteiger charge is 2.33. The average molecular weight is 463 g/mol. The van der Waals surface area contributed by atoms with E-state index in [2.05, 4.69) is 48.5 Å². The van der Waals surface area contributed by atoms with Gasteiger partial charge < -0.3 is 25.0 Å². The molecule has 34 heavy (non-hydrogen) atoms. The molecule has 2 aliphatic heterocycles. The number of hydrogen-bond donors (Lipinski definition) is 3. The molecule has 2 aromatic heterocycles. The van der Waals surface area contributed by atoms with Gasteiger partial charge in [0.05, 0.1) is 19.3 Å². The Morgan fingerprint density at radius 2 is 2.09 bits per heavy atom. The largest absolute Gasteiger partial charge is 0.381 e. The van der Waals surface area contributed by atoms with Crippen LogP contribution in [0.2, 0.25) is 0 Å². The van der Waals surface area contributed by atoms with Crippen LogP contribution in [0.5, 0.6) is 0 Å². The van der Waals surface area contributed by atoms with Gasteiger partial charge in [-0.15, -0.1) is 0 Å². The molecule has 1 fully saturated rings. The third-order valence-electron chi connectivity index (χ3n) is 7.00. The molecule has 1 aromatic carbocycles. The molecule has 1 atom stereocenters. The second-order valence-corrected chi connectivity index (χ2v) is 10.3. The lowest BCUT2D eigenvalue weighted by atomic mass is 9.87. The summed E-state index contributed by atoms with van der Waals surface area (Å²) in [5.74, 6) is 0.178. The van der Waals surface area contributed by atoms with E-state index in [1.807, 2.05) is 6.20 Å². The van der Waals surface area contributed by atoms with Crippen molar-refractivity contribution in [2.45, 2.75) is 58.2 Å². The van der Waals surface area contributed by atoms with E-state index in [1.165, 1.54) is 16.7 Å². The lowest BCUT2D eigenvalue weighted by Crippen LogP contribution is -2.47. The van der Waals surface area contributed by atoms with Crippen LogP contribution in [0.25, 0.3) is 22.2 Å². The molecule has 7 nitrogen and oxygen atoms in total. The van der Waals surface area contributed by atoms with Gasteiger partial charge in [0.2, 0.25) is 0 Å². The molecule has 0 saturated carbocycles. The van der Waals surface area contributed by atoms with Crippen LogP contribution in [-0.4, -0.2) is 57.8 Å². The predicted octanol–water partition coefficient (Wildman–Crippen LogP) is 3.67. The van der Waals surface area contributed by atoms with Crippen molar-refractivity contribution in [1.29, 1.82) is 0 Å². The molecule has 4 heterocycles. The molecule has 3 aromatic rings. The Bertz CT molecular complexity index is 1220. The number of ether oxygens (including phenoxy) is 1. The van der Waals surface area contributed by atoms with Crippen LogP contribution in [0.1, 0.15) is 61.9 Å². The van der Waals surface area contributed by atoms with E-state index < -0.39 is 5.60 Å². The molecule has 3 N–H and O–H groups in total. The average Bonchev–Trinajstić information content (AvgIpc) is 3.26. The van der Waals surface area contributed by atoms with E-state index in [9.17, 15) is 9.90 Å². The van der Waals surface area contributed by atoms with E-state index in [4.69, 9.17) is 9.72 Å². The van der Waals surface area contributed by atoms with E-state index in [0.717, 1.165) is 40.7 Å². The van der Waals surface area contributed by atoms with E-state index in [1.54, 1.807) is 18.7 Å². The van der Waals surface area contributed by atoms with Crippen molar-refractivity contribution in [2.24, 2.45) is 0 Å². The van der Waals surface area contributed by atoms with Crippen LogP contribution < -0.4 is 5.32 Å². The van der Waals surface area contributed by atoms with Gasteiger partial charge >= 0.3 is 0 Å². The van der Waals surface area contributed by atoms with Crippen LogP contribution in [-0.2, 0) is 22.5 Å². The van der Waals surface area contributed by atoms with Gasteiger partial charge in [-0.25, -0.2) is 4.98 Å². The molecule has 7 heteroatoms. The zero-order valence-electron chi connectivity index (χ0n) is 20.4. The fourth-order valence-electron chi connectivity index (χ4n) is 5.16. The van der Waals surface area contributed by atoms with Gasteiger partial charge in [0.25, 0.3) is 5.91 Å². The molecule has 0 aliphatic carbocycles. The molecule has 180 valence electrons. The number of hydrogen-bond acceptors (Lipinski definition) is 5. The van der Waals surface area contributed by atoms with Crippen LogP contribution in [0, 0.1) is 0 Å². The number of benzene rings is 1. The first-order valence-corrected chi connectivity index (χ1v) is 12.2. The molecular formula is C27H34N4O3. The number of aliphatic hydroxyl groups is 1. The van der Waals surface area contributed by atoms with E-state index in [0.29, 0.717) is 32.2 Å². The number of aromatic amines is 1. The molecule has 0 radical (unpaired) electrons. The molecule has 1 saturated heterocycles. The van der Waals surface area contributed by atoms with Gasteiger partial charge in [0.1, 0.15) is 11.2 Å². The van der Waals surface area contributed by atoms with Crippen molar-refractivity contribution in [3.8, 4) is 11.1 Å². The molecule has 0 bridgehead atoms. The van der Waals surface area contributed by atoms with Gasteiger partial charge in [0, 0.05) is 43.0 Å². The van der Waals surface area contributed by atoms with E-state index >= 15 is 0 Å². The van der Waals surface area contributed by atoms with Crippen LogP contribution in [0.15, 0.2) is 30.6 Å². The number of nitrogens with zero attached hydrogens (tertiary/aromatic N) is 2. The highest BCUT2D eigenvalue weighted by molar-refractivity contribution is 5.86. The molecule has 0 spiro atoms. The zero-order valence-corrected chi connectivity index (χ0v) is 20.4. The predicted molar refractivity (Wildman–Crippen MR) is 133 cm³/mol. The molecule has 1 unspecified atom stereocenters. The fraction of sp³-hybridized carbons (Fsp3) is 0.481. The minimum atomic E-state index is -1.38. The maximum absolute atomic E-state index is 12.8. The first kappa shape index (κ1) is 23.0. The Morgan fingerprint density at radius 1 is 1.26 bits per heavy atom. The number of aromatic nitrogens is 2. The smallest absolute Gasteiger partial charge is 0.254 e. The second kappa shape index (κ2) is 8.80. The Morgan fingerprint density at radius 3 is 2.79 bits per heavy atom. The van der Waals surface area contributed by atoms with Gasteiger partial charge in [0.15, 0.2) is 0 Å². The summed E-state index contributed by atoms with van der Waals surface area (Å²) in [6, 6.07) is 6.78. The number of rotatable bonds is 4. The van der Waals surface area contributed by atoms with Gasteiger partial charge in [-0.3, -0.25) is 4.79 Å². The Hall–Kier alpha value is -2.74. The third kappa shape index (κ3) is 4.24. The minimum absolute atomic E-state index is 0.0646. The highest BCUT2D eigenvalue weighted by Crippen LogP contribution is 2.35. The number of nitrogens with one attached hydrogen (secondary N) is 2. The summed E-state index contributed by atoms with van der Waals surface area (Å²) in [5, 5.41) is 15.0. The summed E-state index contributed by atoms with van der Waals surface area (Å²) in [6.45, 7) is 10.7. The number of carbonyl (C=O) groups excluding carboxylic acids is 1. The number of morpholine rings is 1. The zero-order chi connectivity index (χ0) is 24.0. The van der Waals surface area contributed by atoms with Crippen molar-refractivity contribution in [2.75, 3.05) is 26.3 Å². The second-order valence-electron chi connectivity index (χ2n) is 10.3. The summed E-state index contributed by atoms with van der Waals surface area (Å²) in [4.78, 5) is 22.6. The highest BCUT2D eigenvalue weighted by atomic mass is 16.5. The Balaban J connectivity index is 1.59. The van der Waals surface area contributed by atoms with Gasteiger partial charge in [-0.1, -0.05) is 19.9 Å². The number of pyridine rings is 1. The summed E-state index contributed by atoms with van der Waals surface area (Å²) >= 11 is 0. The van der Waals surface area contributed by atoms with Crippen molar-refractivity contribution in [3.63, 3.8) is 0 Å². The standard InChI is InChI=1S/C27H34N4O3/c1-16(2)22-13-30-25-21(22)11-19(12-29-25)18-9-17-5-7-31(26(32)27(3,4)33)14-23(17)20(10-18)24-15-34-8-6-28-24/h9-13,16,24,28,33H,5-8,14-15H2,1-4H3,(H,29,30). The van der Waals surface area contributed by atoms with Crippen LogP contribution in [0.3, 0.4) is 0 Å². The fourth-order valence-corrected chi connectivity index (χ4v) is 5.16. The third-order valence-corrected chi connectivity index (χ3v) is 7.00. The number of fused-ring (bicyclic) bond motifs is 2. The SMILES string of the molecule is CC(C)c1c[nH]c2ncc(-c3cc4c(c(C5COCCN5)c3)CN(C(=O)C(C)(C)O)CC4)cc12. The van der Waals surface area contributed by atoms with E-state index in [-0.39, 0.29) is 11.9 Å². The Labute approximate surface area is 200 Å². The molecule has 5 rings (SSSR count). The first-order valence-electron chi connectivity index (χ1n) is 12.2. The summed E-state index contributed by atoms with van der Waals surface area (Å²) in [6.07, 6.45) is 4.75. The Kier molecular flexibility index (Phi) is 5.96. The maximum atomic E-state index is 12.8. The molecule has 2 aliphatic rings. The minimum Gasteiger partial charge on any atom is -0.381 e. The number of carbonyl (C=O) groups is 1. The monoisotopic (exact) mass is 462 g/mol. The lowest BCUT2D eigenvalue weighted by Gasteiger charge is -2.36. The van der Waals surface area contributed by atoms with Crippen molar-refractivity contribution >= 4 is 16.9 Å². The van der Waals surface area contributed by atoms with Gasteiger partial charge in [-0.05, 0) is 66.1 Å². The molecular weight excluding hydrogens is 428 g/mol.